The first-order valence-corrected chi connectivity index (χ1v) is 7.69. The second-order valence-corrected chi connectivity index (χ2v) is 5.37. The zero-order valence-corrected chi connectivity index (χ0v) is 14.5. The van der Waals surface area contributed by atoms with E-state index in [4.69, 9.17) is 18.9 Å². The zero-order valence-electron chi connectivity index (χ0n) is 12.9. The second kappa shape index (κ2) is 8.43. The Bertz CT molecular complexity index is 655. The van der Waals surface area contributed by atoms with E-state index < -0.39 is 0 Å². The van der Waals surface area contributed by atoms with Crippen LogP contribution in [-0.4, -0.2) is 33.7 Å². The number of carbonyl (C=O) groups excluding carboxylic acids is 1. The molecule has 2 rings (SSSR count). The van der Waals surface area contributed by atoms with E-state index in [9.17, 15) is 4.79 Å². The Hall–Kier alpha value is -2.21. The SMILES string of the molecule is COc1ccc(OCCOc2cc(C=O)c(Br)cc2OC)cc1. The van der Waals surface area contributed by atoms with Crippen molar-refractivity contribution in [2.24, 2.45) is 0 Å². The highest BCUT2D eigenvalue weighted by atomic mass is 79.9. The van der Waals surface area contributed by atoms with Crippen molar-refractivity contribution in [2.45, 2.75) is 0 Å². The van der Waals surface area contributed by atoms with Crippen molar-refractivity contribution in [3.63, 3.8) is 0 Å². The third-order valence-electron chi connectivity index (χ3n) is 3.08. The van der Waals surface area contributed by atoms with Gasteiger partial charge in [0.05, 0.1) is 14.2 Å². The molecule has 0 bridgehead atoms. The molecule has 23 heavy (non-hydrogen) atoms. The van der Waals surface area contributed by atoms with Crippen LogP contribution in [0.5, 0.6) is 23.0 Å². The highest BCUT2D eigenvalue weighted by molar-refractivity contribution is 9.10. The average molecular weight is 381 g/mol. The number of hydrogen-bond acceptors (Lipinski definition) is 5. The van der Waals surface area contributed by atoms with Crippen LogP contribution in [-0.2, 0) is 0 Å². The van der Waals surface area contributed by atoms with Crippen LogP contribution in [0.4, 0.5) is 0 Å². The van der Waals surface area contributed by atoms with Crippen molar-refractivity contribution in [1.29, 1.82) is 0 Å². The molecule has 0 atom stereocenters. The highest BCUT2D eigenvalue weighted by Gasteiger charge is 2.10. The van der Waals surface area contributed by atoms with Crippen LogP contribution in [0.1, 0.15) is 10.4 Å². The number of methoxy groups -OCH3 is 2. The van der Waals surface area contributed by atoms with E-state index in [1.807, 2.05) is 24.3 Å². The molecular formula is C17H17BrO5. The Labute approximate surface area is 143 Å². The van der Waals surface area contributed by atoms with E-state index >= 15 is 0 Å². The molecule has 122 valence electrons. The van der Waals surface area contributed by atoms with Gasteiger partial charge in [0, 0.05) is 10.0 Å². The molecule has 2 aromatic rings. The molecule has 5 nitrogen and oxygen atoms in total. The van der Waals surface area contributed by atoms with Gasteiger partial charge in [0.2, 0.25) is 0 Å². The van der Waals surface area contributed by atoms with Gasteiger partial charge in [0.1, 0.15) is 24.7 Å². The van der Waals surface area contributed by atoms with Gasteiger partial charge in [-0.15, -0.1) is 0 Å². The van der Waals surface area contributed by atoms with Crippen LogP contribution >= 0.6 is 15.9 Å². The molecule has 0 saturated carbocycles. The molecule has 0 radical (unpaired) electrons. The van der Waals surface area contributed by atoms with Crippen molar-refractivity contribution in [2.75, 3.05) is 27.4 Å². The number of hydrogen-bond donors (Lipinski definition) is 0. The van der Waals surface area contributed by atoms with E-state index in [2.05, 4.69) is 15.9 Å². The van der Waals surface area contributed by atoms with Crippen molar-refractivity contribution >= 4 is 22.2 Å². The third kappa shape index (κ3) is 4.63. The van der Waals surface area contributed by atoms with E-state index in [1.165, 1.54) is 0 Å². The first-order chi connectivity index (χ1) is 11.2. The van der Waals surface area contributed by atoms with Crippen molar-refractivity contribution in [3.8, 4) is 23.0 Å². The number of carbonyl (C=O) groups is 1. The van der Waals surface area contributed by atoms with Gasteiger partial charge in [-0.1, -0.05) is 0 Å². The summed E-state index contributed by atoms with van der Waals surface area (Å²) in [5.74, 6) is 2.54. The zero-order chi connectivity index (χ0) is 16.7. The summed E-state index contributed by atoms with van der Waals surface area (Å²) < 4.78 is 22.2. The summed E-state index contributed by atoms with van der Waals surface area (Å²) in [4.78, 5) is 11.0. The number of rotatable bonds is 8. The Morgan fingerprint density at radius 3 is 2.17 bits per heavy atom. The molecule has 0 aliphatic rings. The normalized spacial score (nSPS) is 10.0. The van der Waals surface area contributed by atoms with Crippen LogP contribution in [0.25, 0.3) is 0 Å². The fraction of sp³-hybridized carbons (Fsp3) is 0.235. The standard InChI is InChI=1S/C17H17BrO5/c1-20-13-3-5-14(6-4-13)22-7-8-23-17-9-12(11-19)15(18)10-16(17)21-2/h3-6,9-11H,7-8H2,1-2H3. The summed E-state index contributed by atoms with van der Waals surface area (Å²) in [6.07, 6.45) is 0.754. The Morgan fingerprint density at radius 1 is 0.913 bits per heavy atom. The van der Waals surface area contributed by atoms with Crippen molar-refractivity contribution in [3.05, 3.63) is 46.4 Å². The highest BCUT2D eigenvalue weighted by Crippen LogP contribution is 2.32. The van der Waals surface area contributed by atoms with Crippen molar-refractivity contribution in [1.82, 2.24) is 0 Å². The van der Waals surface area contributed by atoms with E-state index in [1.54, 1.807) is 26.4 Å². The molecule has 0 aliphatic carbocycles. The predicted octanol–water partition coefficient (Wildman–Crippen LogP) is 3.74. The minimum atomic E-state index is 0.322. The lowest BCUT2D eigenvalue weighted by Gasteiger charge is -2.13. The summed E-state index contributed by atoms with van der Waals surface area (Å²) >= 11 is 3.30. The fourth-order valence-electron chi connectivity index (χ4n) is 1.90. The van der Waals surface area contributed by atoms with Gasteiger partial charge in [-0.25, -0.2) is 0 Å². The van der Waals surface area contributed by atoms with Crippen molar-refractivity contribution < 1.29 is 23.7 Å². The maximum atomic E-state index is 11.0. The summed E-state index contributed by atoms with van der Waals surface area (Å²) in [5.41, 5.74) is 0.497. The second-order valence-electron chi connectivity index (χ2n) is 4.51. The number of aldehydes is 1. The Kier molecular flexibility index (Phi) is 6.29. The summed E-state index contributed by atoms with van der Waals surface area (Å²) in [6, 6.07) is 10.6. The molecule has 0 aromatic heterocycles. The van der Waals surface area contributed by atoms with Gasteiger partial charge < -0.3 is 18.9 Å². The van der Waals surface area contributed by atoms with E-state index in [0.717, 1.165) is 17.8 Å². The predicted molar refractivity (Wildman–Crippen MR) is 90.1 cm³/mol. The molecule has 0 spiro atoms. The molecule has 0 unspecified atom stereocenters. The quantitative estimate of drug-likeness (QED) is 0.515. The van der Waals surface area contributed by atoms with Gasteiger partial charge in [-0.05, 0) is 52.3 Å². The third-order valence-corrected chi connectivity index (χ3v) is 3.77. The lowest BCUT2D eigenvalue weighted by Crippen LogP contribution is -2.09. The van der Waals surface area contributed by atoms with Crippen LogP contribution in [0.15, 0.2) is 40.9 Å². The molecule has 0 aliphatic heterocycles. The van der Waals surface area contributed by atoms with Gasteiger partial charge in [0.15, 0.2) is 17.8 Å². The number of halogens is 1. The number of benzene rings is 2. The molecule has 0 saturated heterocycles. The van der Waals surface area contributed by atoms with E-state index in [0.29, 0.717) is 34.7 Å². The van der Waals surface area contributed by atoms with E-state index in [-0.39, 0.29) is 0 Å². The molecule has 0 heterocycles. The Morgan fingerprint density at radius 2 is 1.57 bits per heavy atom. The monoisotopic (exact) mass is 380 g/mol. The van der Waals surface area contributed by atoms with Gasteiger partial charge >= 0.3 is 0 Å². The molecule has 6 heteroatoms. The maximum absolute atomic E-state index is 11.0. The van der Waals surface area contributed by atoms with Crippen LogP contribution in [0.3, 0.4) is 0 Å². The summed E-state index contributed by atoms with van der Waals surface area (Å²) in [5, 5.41) is 0. The smallest absolute Gasteiger partial charge is 0.162 e. The van der Waals surface area contributed by atoms with Crippen LogP contribution in [0.2, 0.25) is 0 Å². The first kappa shape index (κ1) is 17.1. The van der Waals surface area contributed by atoms with Crippen LogP contribution < -0.4 is 18.9 Å². The molecule has 0 amide bonds. The van der Waals surface area contributed by atoms with Gasteiger partial charge in [0.25, 0.3) is 0 Å². The Balaban J connectivity index is 1.91. The van der Waals surface area contributed by atoms with Gasteiger partial charge in [-0.2, -0.15) is 0 Å². The van der Waals surface area contributed by atoms with Gasteiger partial charge in [-0.3, -0.25) is 4.79 Å². The largest absolute Gasteiger partial charge is 0.497 e. The minimum absolute atomic E-state index is 0.322. The molecule has 0 fully saturated rings. The summed E-state index contributed by atoms with van der Waals surface area (Å²) in [7, 11) is 3.16. The fourth-order valence-corrected chi connectivity index (χ4v) is 2.31. The van der Waals surface area contributed by atoms with Crippen LogP contribution in [0, 0.1) is 0 Å². The molecule has 0 N–H and O–H groups in total. The lowest BCUT2D eigenvalue weighted by molar-refractivity contribution is 0.112. The minimum Gasteiger partial charge on any atom is -0.497 e. The molecule has 2 aromatic carbocycles. The average Bonchev–Trinajstić information content (AvgIpc) is 2.59. The lowest BCUT2D eigenvalue weighted by atomic mass is 10.2. The topological polar surface area (TPSA) is 54.0 Å². The molecular weight excluding hydrogens is 364 g/mol. The maximum Gasteiger partial charge on any atom is 0.162 e. The first-order valence-electron chi connectivity index (χ1n) is 6.90. The number of ether oxygens (including phenoxy) is 4. The summed E-state index contributed by atoms with van der Waals surface area (Å²) in [6.45, 7) is 0.685.